The van der Waals surface area contributed by atoms with E-state index in [1.165, 1.54) is 6.33 Å². The minimum absolute atomic E-state index is 0.265. The first-order valence-electron chi connectivity index (χ1n) is 4.95. The summed E-state index contributed by atoms with van der Waals surface area (Å²) in [6, 6.07) is 5.63. The van der Waals surface area contributed by atoms with Gasteiger partial charge in [0.2, 0.25) is 0 Å². The zero-order chi connectivity index (χ0) is 12.3. The van der Waals surface area contributed by atoms with Crippen molar-refractivity contribution < 1.29 is 4.79 Å². The highest BCUT2D eigenvalue weighted by Gasteiger charge is 2.09. The molecule has 0 saturated heterocycles. The number of pyridine rings is 1. The van der Waals surface area contributed by atoms with Crippen molar-refractivity contribution in [1.29, 1.82) is 0 Å². The van der Waals surface area contributed by atoms with E-state index in [-0.39, 0.29) is 5.69 Å². The number of hydrogen-bond acceptors (Lipinski definition) is 4. The molecule has 2 aromatic heterocycles. The molecule has 6 nitrogen and oxygen atoms in total. The van der Waals surface area contributed by atoms with Crippen molar-refractivity contribution in [1.82, 2.24) is 20.0 Å². The molecule has 6 heteroatoms. The van der Waals surface area contributed by atoms with Crippen LogP contribution in [0, 0.1) is 6.92 Å². The lowest BCUT2D eigenvalue weighted by molar-refractivity contribution is 0.0951. The third-order valence-corrected chi connectivity index (χ3v) is 2.13. The van der Waals surface area contributed by atoms with Gasteiger partial charge in [0.25, 0.3) is 5.91 Å². The quantitative estimate of drug-likeness (QED) is 0.628. The molecule has 0 aliphatic carbocycles. The van der Waals surface area contributed by atoms with Crippen LogP contribution < -0.4 is 5.43 Å². The van der Waals surface area contributed by atoms with Gasteiger partial charge in [-0.1, -0.05) is 6.07 Å². The van der Waals surface area contributed by atoms with Crippen LogP contribution in [0.5, 0.6) is 0 Å². The number of aromatic nitrogens is 3. The first-order valence-corrected chi connectivity index (χ1v) is 4.95. The van der Waals surface area contributed by atoms with Gasteiger partial charge < -0.3 is 0 Å². The Bertz CT molecular complexity index is 560. The molecule has 0 radical (unpaired) electrons. The smallest absolute Gasteiger partial charge is 0.290 e. The Morgan fingerprint density at radius 3 is 3.06 bits per heavy atom. The average molecular weight is 229 g/mol. The molecule has 0 unspecified atom stereocenters. The number of rotatable bonds is 3. The Hall–Kier alpha value is -2.50. The fourth-order valence-electron chi connectivity index (χ4n) is 1.37. The van der Waals surface area contributed by atoms with Crippen molar-refractivity contribution in [3.05, 3.63) is 42.1 Å². The summed E-state index contributed by atoms with van der Waals surface area (Å²) in [5.41, 5.74) is 3.38. The molecule has 86 valence electrons. The predicted molar refractivity (Wildman–Crippen MR) is 63.1 cm³/mol. The van der Waals surface area contributed by atoms with Crippen LogP contribution in [0.4, 0.5) is 0 Å². The zero-order valence-corrected chi connectivity index (χ0v) is 9.29. The largest absolute Gasteiger partial charge is 0.291 e. The average Bonchev–Trinajstić information content (AvgIpc) is 2.78. The fourth-order valence-corrected chi connectivity index (χ4v) is 1.37. The number of nitrogens with one attached hydrogen (secondary N) is 1. The second-order valence-corrected chi connectivity index (χ2v) is 3.40. The Morgan fingerprint density at radius 1 is 1.53 bits per heavy atom. The van der Waals surface area contributed by atoms with E-state index in [4.69, 9.17) is 0 Å². The van der Waals surface area contributed by atoms with Gasteiger partial charge in [-0.3, -0.25) is 9.36 Å². The van der Waals surface area contributed by atoms with E-state index in [1.54, 1.807) is 10.8 Å². The van der Waals surface area contributed by atoms with Crippen molar-refractivity contribution >= 4 is 12.6 Å². The van der Waals surface area contributed by atoms with Crippen LogP contribution in [-0.2, 0) is 0 Å². The highest BCUT2D eigenvalue weighted by molar-refractivity contribution is 5.92. The van der Waals surface area contributed by atoms with Crippen LogP contribution in [-0.4, -0.2) is 27.2 Å². The van der Waals surface area contributed by atoms with Crippen LogP contribution in [0.3, 0.4) is 0 Å². The molecular weight excluding hydrogens is 218 g/mol. The molecule has 0 fully saturated rings. The molecule has 2 aromatic rings. The molecule has 0 bridgehead atoms. The summed E-state index contributed by atoms with van der Waals surface area (Å²) in [7, 11) is 0. The molecule has 0 aliphatic heterocycles. The third-order valence-electron chi connectivity index (χ3n) is 2.13. The molecule has 17 heavy (non-hydrogen) atoms. The van der Waals surface area contributed by atoms with Gasteiger partial charge >= 0.3 is 0 Å². The van der Waals surface area contributed by atoms with Crippen LogP contribution in [0.2, 0.25) is 0 Å². The Labute approximate surface area is 98.0 Å². The van der Waals surface area contributed by atoms with E-state index < -0.39 is 5.91 Å². The van der Waals surface area contributed by atoms with E-state index in [2.05, 4.69) is 27.2 Å². The number of hydrogen-bond donors (Lipinski definition) is 1. The van der Waals surface area contributed by atoms with E-state index in [9.17, 15) is 4.79 Å². The van der Waals surface area contributed by atoms with Crippen LogP contribution in [0.15, 0.2) is 35.8 Å². The summed E-state index contributed by atoms with van der Waals surface area (Å²) in [5, 5.41) is 3.29. The van der Waals surface area contributed by atoms with Crippen molar-refractivity contribution in [3.63, 3.8) is 0 Å². The van der Waals surface area contributed by atoms with Gasteiger partial charge in [0.05, 0.1) is 0 Å². The number of carbonyl (C=O) groups excluding carboxylic acids is 1. The van der Waals surface area contributed by atoms with Gasteiger partial charge in [0.15, 0.2) is 0 Å². The Balaban J connectivity index is 2.29. The Morgan fingerprint density at radius 2 is 2.35 bits per heavy atom. The summed E-state index contributed by atoms with van der Waals surface area (Å²) in [6.45, 7) is 5.07. The van der Waals surface area contributed by atoms with Crippen molar-refractivity contribution in [2.75, 3.05) is 0 Å². The lowest BCUT2D eigenvalue weighted by Crippen LogP contribution is -2.16. The molecule has 0 atom stereocenters. The highest BCUT2D eigenvalue weighted by atomic mass is 16.2. The molecule has 2 rings (SSSR count). The first-order chi connectivity index (χ1) is 8.20. The minimum atomic E-state index is -0.397. The topological polar surface area (TPSA) is 72.2 Å². The molecule has 0 spiro atoms. The van der Waals surface area contributed by atoms with Crippen LogP contribution in [0.25, 0.3) is 5.82 Å². The Kier molecular flexibility index (Phi) is 2.95. The summed E-state index contributed by atoms with van der Waals surface area (Å²) in [5.74, 6) is 0.314. The number of hydrazone groups is 1. The minimum Gasteiger partial charge on any atom is -0.290 e. The van der Waals surface area contributed by atoms with E-state index in [1.807, 2.05) is 25.1 Å². The number of carbonyl (C=O) groups is 1. The van der Waals surface area contributed by atoms with Gasteiger partial charge in [-0.25, -0.2) is 15.4 Å². The highest BCUT2D eigenvalue weighted by Crippen LogP contribution is 2.06. The molecule has 0 aromatic carbocycles. The van der Waals surface area contributed by atoms with E-state index in [0.29, 0.717) is 5.82 Å². The number of nitrogens with zero attached hydrogens (tertiary/aromatic N) is 4. The maximum absolute atomic E-state index is 11.4. The van der Waals surface area contributed by atoms with Crippen molar-refractivity contribution in [2.24, 2.45) is 5.10 Å². The van der Waals surface area contributed by atoms with Crippen molar-refractivity contribution in [2.45, 2.75) is 6.92 Å². The van der Waals surface area contributed by atoms with E-state index in [0.717, 1.165) is 5.69 Å². The lowest BCUT2D eigenvalue weighted by Gasteiger charge is -2.00. The van der Waals surface area contributed by atoms with E-state index >= 15 is 0 Å². The normalized spacial score (nSPS) is 9.94. The zero-order valence-electron chi connectivity index (χ0n) is 9.29. The second-order valence-electron chi connectivity index (χ2n) is 3.40. The van der Waals surface area contributed by atoms with Crippen LogP contribution >= 0.6 is 0 Å². The molecule has 1 N–H and O–H groups in total. The second kappa shape index (κ2) is 4.56. The lowest BCUT2D eigenvalue weighted by atomic mass is 10.4. The maximum atomic E-state index is 11.4. The molecule has 0 saturated carbocycles. The molecule has 1 amide bonds. The van der Waals surface area contributed by atoms with Gasteiger partial charge in [-0.15, -0.1) is 0 Å². The summed E-state index contributed by atoms with van der Waals surface area (Å²) in [6.07, 6.45) is 3.11. The number of imidazole rings is 1. The maximum Gasteiger partial charge on any atom is 0.291 e. The van der Waals surface area contributed by atoms with Gasteiger partial charge in [0.1, 0.15) is 17.8 Å². The van der Waals surface area contributed by atoms with Gasteiger partial charge in [-0.2, -0.15) is 5.10 Å². The molecular formula is C11H11N5O. The van der Waals surface area contributed by atoms with Gasteiger partial charge in [-0.05, 0) is 19.1 Å². The molecule has 2 heterocycles. The monoisotopic (exact) mass is 229 g/mol. The molecule has 0 aliphatic rings. The fraction of sp³-hybridized carbons (Fsp3) is 0.0909. The van der Waals surface area contributed by atoms with Crippen LogP contribution in [0.1, 0.15) is 16.2 Å². The number of amides is 1. The SMILES string of the molecule is C=NNC(=O)c1cn(-c2cccc(C)n2)cn1. The summed E-state index contributed by atoms with van der Waals surface area (Å²) in [4.78, 5) is 19.7. The van der Waals surface area contributed by atoms with Crippen molar-refractivity contribution in [3.8, 4) is 5.82 Å². The number of aryl methyl sites for hydroxylation is 1. The third kappa shape index (κ3) is 2.36. The summed E-state index contributed by atoms with van der Waals surface area (Å²) < 4.78 is 1.67. The summed E-state index contributed by atoms with van der Waals surface area (Å²) >= 11 is 0. The first kappa shape index (κ1) is 11.0. The van der Waals surface area contributed by atoms with Gasteiger partial charge in [0, 0.05) is 18.6 Å². The predicted octanol–water partition coefficient (Wildman–Crippen LogP) is 0.921. The standard InChI is InChI=1S/C11H11N5O/c1-8-4-3-5-10(14-8)16-6-9(13-7-16)11(17)15-12-2/h3-7H,2H2,1H3,(H,15,17).